The molecule has 0 bridgehead atoms. The van der Waals surface area contributed by atoms with Gasteiger partial charge in [-0.15, -0.1) is 0 Å². The van der Waals surface area contributed by atoms with E-state index in [1.807, 2.05) is 12.1 Å². The summed E-state index contributed by atoms with van der Waals surface area (Å²) in [7, 11) is 2.96. The lowest BCUT2D eigenvalue weighted by Crippen LogP contribution is -2.35. The van der Waals surface area contributed by atoms with Crippen molar-refractivity contribution in [2.45, 2.75) is 32.4 Å². The van der Waals surface area contributed by atoms with Crippen molar-refractivity contribution in [2.75, 3.05) is 14.2 Å². The van der Waals surface area contributed by atoms with E-state index in [1.54, 1.807) is 24.3 Å². The first-order valence-electron chi connectivity index (χ1n) is 9.83. The van der Waals surface area contributed by atoms with E-state index in [4.69, 9.17) is 21.1 Å². The molecule has 0 fully saturated rings. The Kier molecular flexibility index (Phi) is 7.36. The highest BCUT2D eigenvalue weighted by molar-refractivity contribution is 6.30. The second-order valence-corrected chi connectivity index (χ2v) is 7.44. The summed E-state index contributed by atoms with van der Waals surface area (Å²) in [5.41, 5.74) is 0.381. The van der Waals surface area contributed by atoms with Crippen LogP contribution in [0.1, 0.15) is 24.8 Å². The predicted molar refractivity (Wildman–Crippen MR) is 119 cm³/mol. The largest absolute Gasteiger partial charge is 0.493 e. The van der Waals surface area contributed by atoms with E-state index in [0.29, 0.717) is 53.2 Å². The number of carbonyl (C=O) groups is 1. The lowest BCUT2D eigenvalue weighted by atomic mass is 10.2. The Balaban J connectivity index is 1.60. The highest BCUT2D eigenvalue weighted by atomic mass is 35.5. The Morgan fingerprint density at radius 1 is 1.10 bits per heavy atom. The third-order valence-electron chi connectivity index (χ3n) is 4.90. The van der Waals surface area contributed by atoms with Crippen LogP contribution in [0.25, 0.3) is 10.9 Å². The van der Waals surface area contributed by atoms with Crippen LogP contribution in [-0.4, -0.2) is 29.7 Å². The number of hydrogen-bond acceptors (Lipinski definition) is 5. The van der Waals surface area contributed by atoms with Gasteiger partial charge in [-0.3, -0.25) is 14.2 Å². The molecule has 0 aliphatic heterocycles. The van der Waals surface area contributed by atoms with Crippen molar-refractivity contribution in [3.05, 3.63) is 67.8 Å². The first-order valence-corrected chi connectivity index (χ1v) is 10.2. The Morgan fingerprint density at radius 2 is 1.84 bits per heavy atom. The van der Waals surface area contributed by atoms with Crippen molar-refractivity contribution in [2.24, 2.45) is 0 Å². The van der Waals surface area contributed by atoms with Crippen molar-refractivity contribution < 1.29 is 14.3 Å². The molecule has 1 aromatic heterocycles. The number of halogens is 1. The van der Waals surface area contributed by atoms with Crippen LogP contribution >= 0.6 is 11.6 Å². The lowest BCUT2D eigenvalue weighted by Gasteiger charge is -2.11. The number of benzene rings is 2. The number of amides is 1. The summed E-state index contributed by atoms with van der Waals surface area (Å²) in [5, 5.41) is 3.78. The maximum absolute atomic E-state index is 12.8. The normalized spacial score (nSPS) is 10.8. The number of fused-ring (bicyclic) bond motifs is 1. The molecular weight excluding hydrogens is 422 g/mol. The predicted octanol–water partition coefficient (Wildman–Crippen LogP) is 2.85. The molecule has 0 spiro atoms. The molecule has 2 aromatic carbocycles. The molecule has 0 saturated heterocycles. The fourth-order valence-corrected chi connectivity index (χ4v) is 3.49. The number of hydrogen-bond donors (Lipinski definition) is 2. The van der Waals surface area contributed by atoms with Gasteiger partial charge in [0.1, 0.15) is 0 Å². The van der Waals surface area contributed by atoms with Gasteiger partial charge in [0, 0.05) is 30.6 Å². The zero-order valence-electron chi connectivity index (χ0n) is 17.4. The minimum Gasteiger partial charge on any atom is -0.493 e. The van der Waals surface area contributed by atoms with Gasteiger partial charge in [0.2, 0.25) is 5.91 Å². The van der Waals surface area contributed by atoms with Crippen molar-refractivity contribution in [3.63, 3.8) is 0 Å². The Morgan fingerprint density at radius 3 is 2.55 bits per heavy atom. The molecule has 8 nitrogen and oxygen atoms in total. The van der Waals surface area contributed by atoms with Gasteiger partial charge in [0.25, 0.3) is 5.56 Å². The van der Waals surface area contributed by atoms with Crippen molar-refractivity contribution >= 4 is 28.4 Å². The van der Waals surface area contributed by atoms with Gasteiger partial charge < -0.3 is 19.8 Å². The number of carbonyl (C=O) groups excluding carboxylic acids is 1. The van der Waals surface area contributed by atoms with Crippen LogP contribution in [0.3, 0.4) is 0 Å². The third-order valence-corrected chi connectivity index (χ3v) is 5.14. The van der Waals surface area contributed by atoms with Gasteiger partial charge in [-0.25, -0.2) is 4.79 Å². The smallest absolute Gasteiger partial charge is 0.328 e. The van der Waals surface area contributed by atoms with Gasteiger partial charge >= 0.3 is 5.69 Å². The molecule has 1 heterocycles. The average molecular weight is 446 g/mol. The number of unbranched alkanes of at least 4 members (excludes halogenated alkanes) is 1. The molecule has 0 aliphatic carbocycles. The number of nitrogens with one attached hydrogen (secondary N) is 2. The number of methoxy groups -OCH3 is 2. The Hall–Kier alpha value is -3.26. The molecule has 0 aliphatic rings. The molecule has 164 valence electrons. The minimum absolute atomic E-state index is 0.100. The van der Waals surface area contributed by atoms with Crippen LogP contribution in [-0.2, 0) is 17.9 Å². The summed E-state index contributed by atoms with van der Waals surface area (Å²) in [5.74, 6) is 0.727. The van der Waals surface area contributed by atoms with E-state index in [9.17, 15) is 14.4 Å². The first kappa shape index (κ1) is 22.4. The van der Waals surface area contributed by atoms with E-state index < -0.39 is 11.2 Å². The van der Waals surface area contributed by atoms with E-state index in [0.717, 1.165) is 10.1 Å². The second kappa shape index (κ2) is 10.2. The van der Waals surface area contributed by atoms with Gasteiger partial charge in [-0.2, -0.15) is 0 Å². The van der Waals surface area contributed by atoms with Crippen LogP contribution in [0, 0.1) is 0 Å². The molecule has 9 heteroatoms. The Bertz CT molecular complexity index is 1200. The highest BCUT2D eigenvalue weighted by Crippen LogP contribution is 2.29. The van der Waals surface area contributed by atoms with Crippen molar-refractivity contribution in [1.29, 1.82) is 0 Å². The summed E-state index contributed by atoms with van der Waals surface area (Å²) >= 11 is 5.93. The number of aromatic nitrogens is 2. The van der Waals surface area contributed by atoms with E-state index in [-0.39, 0.29) is 12.5 Å². The Labute approximate surface area is 183 Å². The molecular formula is C22H24ClN3O5. The molecule has 0 saturated carbocycles. The average Bonchev–Trinajstić information content (AvgIpc) is 2.76. The van der Waals surface area contributed by atoms with Crippen LogP contribution in [0.4, 0.5) is 0 Å². The summed E-state index contributed by atoms with van der Waals surface area (Å²) in [6.07, 6.45) is 1.34. The summed E-state index contributed by atoms with van der Waals surface area (Å²) in [6.45, 7) is 0.606. The van der Waals surface area contributed by atoms with Crippen LogP contribution in [0.2, 0.25) is 5.02 Å². The standard InChI is InChI=1S/C22H24ClN3O5/c1-30-18-11-16-17(12-19(18)31-2)25-22(29)26(21(16)28)9-4-3-8-20(27)24-13-14-6-5-7-15(23)10-14/h5-7,10-12H,3-4,8-9,13H2,1-2H3,(H,24,27)(H,25,29). The fourth-order valence-electron chi connectivity index (χ4n) is 3.27. The zero-order chi connectivity index (χ0) is 22.4. The summed E-state index contributed by atoms with van der Waals surface area (Å²) in [6, 6.07) is 10.4. The topological polar surface area (TPSA) is 102 Å². The van der Waals surface area contributed by atoms with E-state index in [2.05, 4.69) is 10.3 Å². The second-order valence-electron chi connectivity index (χ2n) is 7.00. The van der Waals surface area contributed by atoms with Gasteiger partial charge in [0.05, 0.1) is 25.1 Å². The van der Waals surface area contributed by atoms with Crippen molar-refractivity contribution in [3.8, 4) is 11.5 Å². The van der Waals surface area contributed by atoms with Crippen LogP contribution < -0.4 is 26.0 Å². The number of aromatic amines is 1. The monoisotopic (exact) mass is 445 g/mol. The highest BCUT2D eigenvalue weighted by Gasteiger charge is 2.13. The van der Waals surface area contributed by atoms with Crippen molar-refractivity contribution in [1.82, 2.24) is 14.9 Å². The zero-order valence-corrected chi connectivity index (χ0v) is 18.1. The molecule has 0 radical (unpaired) electrons. The van der Waals surface area contributed by atoms with Gasteiger partial charge in [0.15, 0.2) is 11.5 Å². The van der Waals surface area contributed by atoms with Crippen LogP contribution in [0.15, 0.2) is 46.0 Å². The van der Waals surface area contributed by atoms with Gasteiger partial charge in [-0.1, -0.05) is 23.7 Å². The lowest BCUT2D eigenvalue weighted by molar-refractivity contribution is -0.121. The number of nitrogens with zero attached hydrogens (tertiary/aromatic N) is 1. The van der Waals surface area contributed by atoms with Crippen LogP contribution in [0.5, 0.6) is 11.5 Å². The molecule has 0 atom stereocenters. The molecule has 31 heavy (non-hydrogen) atoms. The first-order chi connectivity index (χ1) is 14.9. The third kappa shape index (κ3) is 5.46. The molecule has 3 aromatic rings. The van der Waals surface area contributed by atoms with E-state index >= 15 is 0 Å². The maximum Gasteiger partial charge on any atom is 0.328 e. The molecule has 1 amide bonds. The molecule has 0 unspecified atom stereocenters. The van der Waals surface area contributed by atoms with Gasteiger partial charge in [-0.05, 0) is 36.6 Å². The number of rotatable bonds is 9. The summed E-state index contributed by atoms with van der Waals surface area (Å²) < 4.78 is 11.6. The molecule has 3 rings (SSSR count). The quantitative estimate of drug-likeness (QED) is 0.493. The SMILES string of the molecule is COc1cc2[nH]c(=O)n(CCCCC(=O)NCc3cccc(Cl)c3)c(=O)c2cc1OC. The number of H-pyrrole nitrogens is 1. The number of ether oxygens (including phenoxy) is 2. The maximum atomic E-state index is 12.8. The van der Waals surface area contributed by atoms with E-state index in [1.165, 1.54) is 14.2 Å². The summed E-state index contributed by atoms with van der Waals surface area (Å²) in [4.78, 5) is 39.9. The molecule has 2 N–H and O–H groups in total. The fraction of sp³-hybridized carbons (Fsp3) is 0.318. The minimum atomic E-state index is -0.505.